The molecule has 150 valence electrons. The van der Waals surface area contributed by atoms with Crippen LogP contribution < -0.4 is 5.76 Å². The van der Waals surface area contributed by atoms with Crippen LogP contribution in [0.3, 0.4) is 0 Å². The van der Waals surface area contributed by atoms with Crippen molar-refractivity contribution < 1.29 is 13.9 Å². The molecule has 0 aliphatic carbocycles. The summed E-state index contributed by atoms with van der Waals surface area (Å²) < 4.78 is 13.1. The lowest BCUT2D eigenvalue weighted by molar-refractivity contribution is -0.137. The van der Waals surface area contributed by atoms with Crippen LogP contribution in [-0.2, 0) is 16.1 Å². The number of hydrogen-bond acceptors (Lipinski definition) is 4. The standard InChI is InChI=1S/C23H22BrNO4/c1-2-3-14-28-21(26)13-12-20-22(18-10-7-11-19(24)15-18)29-23(27)25(20)16-17-8-5-4-6-9-17/h4-13,15H,2-3,14,16H2,1H3/b13-12+. The van der Waals surface area contributed by atoms with Gasteiger partial charge in [-0.05, 0) is 30.2 Å². The number of hydrogen-bond donors (Lipinski definition) is 0. The molecular weight excluding hydrogens is 434 g/mol. The molecule has 5 nitrogen and oxygen atoms in total. The number of ether oxygens (including phenoxy) is 1. The van der Waals surface area contributed by atoms with E-state index in [4.69, 9.17) is 9.15 Å². The van der Waals surface area contributed by atoms with Crippen molar-refractivity contribution in [3.05, 3.63) is 87.0 Å². The van der Waals surface area contributed by atoms with Gasteiger partial charge >= 0.3 is 11.7 Å². The van der Waals surface area contributed by atoms with Crippen LogP contribution in [0.4, 0.5) is 0 Å². The van der Waals surface area contributed by atoms with Crippen LogP contribution in [0, 0.1) is 0 Å². The number of benzene rings is 2. The van der Waals surface area contributed by atoms with E-state index in [1.807, 2.05) is 61.5 Å². The number of carbonyl (C=O) groups excluding carboxylic acids is 1. The summed E-state index contributed by atoms with van der Waals surface area (Å²) in [7, 11) is 0. The van der Waals surface area contributed by atoms with E-state index >= 15 is 0 Å². The highest BCUT2D eigenvalue weighted by atomic mass is 79.9. The van der Waals surface area contributed by atoms with Crippen molar-refractivity contribution in [3.8, 4) is 11.3 Å². The van der Waals surface area contributed by atoms with Crippen LogP contribution in [0.1, 0.15) is 31.0 Å². The van der Waals surface area contributed by atoms with Crippen LogP contribution >= 0.6 is 15.9 Å². The van der Waals surface area contributed by atoms with Gasteiger partial charge in [0.05, 0.1) is 18.8 Å². The third-order valence-electron chi connectivity index (χ3n) is 4.32. The highest BCUT2D eigenvalue weighted by Gasteiger charge is 2.17. The van der Waals surface area contributed by atoms with E-state index in [1.54, 1.807) is 6.08 Å². The molecule has 0 radical (unpaired) electrons. The Hall–Kier alpha value is -2.86. The first kappa shape index (κ1) is 20.9. The highest BCUT2D eigenvalue weighted by molar-refractivity contribution is 9.10. The lowest BCUT2D eigenvalue weighted by Crippen LogP contribution is -2.16. The Morgan fingerprint density at radius 2 is 1.97 bits per heavy atom. The molecule has 0 unspecified atom stereocenters. The van der Waals surface area contributed by atoms with Gasteiger partial charge in [0.2, 0.25) is 0 Å². The molecule has 6 heteroatoms. The molecule has 29 heavy (non-hydrogen) atoms. The minimum atomic E-state index is -0.483. The molecule has 0 aliphatic heterocycles. The van der Waals surface area contributed by atoms with E-state index < -0.39 is 11.7 Å². The zero-order valence-electron chi connectivity index (χ0n) is 16.1. The number of esters is 1. The lowest BCUT2D eigenvalue weighted by atomic mass is 10.1. The number of rotatable bonds is 8. The maximum absolute atomic E-state index is 12.6. The van der Waals surface area contributed by atoms with Gasteiger partial charge in [0.25, 0.3) is 0 Å². The summed E-state index contributed by atoms with van der Waals surface area (Å²) in [4.78, 5) is 24.6. The second kappa shape index (κ2) is 10.1. The predicted octanol–water partition coefficient (Wildman–Crippen LogP) is 5.28. The van der Waals surface area contributed by atoms with Gasteiger partial charge in [-0.3, -0.25) is 4.57 Å². The van der Waals surface area contributed by atoms with Crippen LogP contribution in [0.25, 0.3) is 17.4 Å². The van der Waals surface area contributed by atoms with Gasteiger partial charge in [0.15, 0.2) is 5.76 Å². The topological polar surface area (TPSA) is 61.4 Å². The summed E-state index contributed by atoms with van der Waals surface area (Å²) in [6.45, 7) is 2.74. The number of nitrogens with zero attached hydrogens (tertiary/aromatic N) is 1. The first-order valence-electron chi connectivity index (χ1n) is 9.47. The van der Waals surface area contributed by atoms with E-state index in [2.05, 4.69) is 15.9 Å². The maximum Gasteiger partial charge on any atom is 0.420 e. The fourth-order valence-corrected chi connectivity index (χ4v) is 3.24. The molecule has 0 bridgehead atoms. The molecular formula is C23H22BrNO4. The molecule has 0 saturated carbocycles. The third-order valence-corrected chi connectivity index (χ3v) is 4.82. The van der Waals surface area contributed by atoms with Crippen LogP contribution in [0.5, 0.6) is 0 Å². The Morgan fingerprint density at radius 3 is 2.69 bits per heavy atom. The molecule has 0 saturated heterocycles. The van der Waals surface area contributed by atoms with Gasteiger partial charge in [-0.25, -0.2) is 9.59 Å². The van der Waals surface area contributed by atoms with E-state index in [-0.39, 0.29) is 0 Å². The average Bonchev–Trinajstić information content (AvgIpc) is 3.03. The van der Waals surface area contributed by atoms with Crippen molar-refractivity contribution in [2.45, 2.75) is 26.3 Å². The minimum Gasteiger partial charge on any atom is -0.463 e. The smallest absolute Gasteiger partial charge is 0.420 e. The van der Waals surface area contributed by atoms with Crippen molar-refractivity contribution in [2.75, 3.05) is 6.61 Å². The largest absolute Gasteiger partial charge is 0.463 e. The molecule has 1 aromatic heterocycles. The summed E-state index contributed by atoms with van der Waals surface area (Å²) in [6, 6.07) is 17.1. The molecule has 1 heterocycles. The summed E-state index contributed by atoms with van der Waals surface area (Å²) in [6.07, 6.45) is 4.68. The summed E-state index contributed by atoms with van der Waals surface area (Å²) in [5, 5.41) is 0. The van der Waals surface area contributed by atoms with Crippen LogP contribution in [0.15, 0.2) is 74.4 Å². The predicted molar refractivity (Wildman–Crippen MR) is 117 cm³/mol. The van der Waals surface area contributed by atoms with Crippen molar-refractivity contribution in [1.29, 1.82) is 0 Å². The Kier molecular flexibility index (Phi) is 7.25. The van der Waals surface area contributed by atoms with Gasteiger partial charge < -0.3 is 9.15 Å². The van der Waals surface area contributed by atoms with Gasteiger partial charge in [0.1, 0.15) is 0 Å². The highest BCUT2D eigenvalue weighted by Crippen LogP contribution is 2.27. The number of oxazole rings is 1. The van der Waals surface area contributed by atoms with Crippen molar-refractivity contribution in [2.24, 2.45) is 0 Å². The zero-order chi connectivity index (χ0) is 20.6. The third kappa shape index (κ3) is 5.57. The Labute approximate surface area is 177 Å². The monoisotopic (exact) mass is 455 g/mol. The molecule has 3 aromatic rings. The maximum atomic E-state index is 12.6. The second-order valence-electron chi connectivity index (χ2n) is 6.52. The van der Waals surface area contributed by atoms with Gasteiger partial charge in [-0.1, -0.05) is 71.7 Å². The van der Waals surface area contributed by atoms with Crippen molar-refractivity contribution in [1.82, 2.24) is 4.57 Å². The summed E-state index contributed by atoms with van der Waals surface area (Å²) in [5.41, 5.74) is 2.21. The molecule has 0 N–H and O–H groups in total. The van der Waals surface area contributed by atoms with Crippen molar-refractivity contribution in [3.63, 3.8) is 0 Å². The Morgan fingerprint density at radius 1 is 1.17 bits per heavy atom. The molecule has 3 rings (SSSR count). The average molecular weight is 456 g/mol. The molecule has 0 spiro atoms. The van der Waals surface area contributed by atoms with E-state index in [0.29, 0.717) is 24.6 Å². The number of carbonyl (C=O) groups is 1. The van der Waals surface area contributed by atoms with Crippen LogP contribution in [0.2, 0.25) is 0 Å². The Bertz CT molecular complexity index is 1050. The van der Waals surface area contributed by atoms with E-state index in [9.17, 15) is 9.59 Å². The normalized spacial score (nSPS) is 11.1. The van der Waals surface area contributed by atoms with Gasteiger partial charge in [-0.15, -0.1) is 0 Å². The molecule has 0 fully saturated rings. The first-order valence-corrected chi connectivity index (χ1v) is 10.3. The molecule has 0 amide bonds. The second-order valence-corrected chi connectivity index (χ2v) is 7.43. The summed E-state index contributed by atoms with van der Waals surface area (Å²) >= 11 is 3.44. The zero-order valence-corrected chi connectivity index (χ0v) is 17.7. The van der Waals surface area contributed by atoms with Crippen molar-refractivity contribution >= 4 is 28.0 Å². The summed E-state index contributed by atoms with van der Waals surface area (Å²) in [5.74, 6) is -0.522. The molecule has 0 aliphatic rings. The molecule has 0 atom stereocenters. The van der Waals surface area contributed by atoms with Crippen LogP contribution in [-0.4, -0.2) is 17.1 Å². The fourth-order valence-electron chi connectivity index (χ4n) is 2.85. The van der Waals surface area contributed by atoms with E-state index in [0.717, 1.165) is 28.4 Å². The fraction of sp³-hybridized carbons (Fsp3) is 0.217. The molecule has 2 aromatic carbocycles. The van der Waals surface area contributed by atoms with Gasteiger partial charge in [0, 0.05) is 16.1 Å². The number of halogens is 1. The SMILES string of the molecule is CCCCOC(=O)/C=C/c1c(-c2cccc(Br)c2)oc(=O)n1Cc1ccccc1. The minimum absolute atomic E-state index is 0.335. The lowest BCUT2D eigenvalue weighted by Gasteiger charge is -2.06. The van der Waals surface area contributed by atoms with Gasteiger partial charge in [-0.2, -0.15) is 0 Å². The quantitative estimate of drug-likeness (QED) is 0.263. The number of aromatic nitrogens is 1. The first-order chi connectivity index (χ1) is 14.1. The number of unbranched alkanes of at least 4 members (excludes halogenated alkanes) is 1. The van der Waals surface area contributed by atoms with E-state index in [1.165, 1.54) is 10.6 Å². The Balaban J connectivity index is 1.99.